The molecule has 0 spiro atoms. The maximum Gasteiger partial charge on any atom is 0.256 e. The van der Waals surface area contributed by atoms with Crippen molar-refractivity contribution in [2.24, 2.45) is 5.92 Å². The van der Waals surface area contributed by atoms with Gasteiger partial charge in [0.05, 0.1) is 5.56 Å². The number of likely N-dealkylation sites (tertiary alicyclic amines) is 1. The van der Waals surface area contributed by atoms with Crippen molar-refractivity contribution in [1.29, 1.82) is 0 Å². The normalized spacial score (nSPS) is 19.0. The monoisotopic (exact) mass is 260 g/mol. The molecule has 1 aromatic rings. The number of carbonyl (C=O) groups excluding carboxylic acids is 1. The summed E-state index contributed by atoms with van der Waals surface area (Å²) in [5.41, 5.74) is 2.85. The molecule has 0 aliphatic carbocycles. The van der Waals surface area contributed by atoms with Gasteiger partial charge in [0.2, 0.25) is 0 Å². The molecule has 0 radical (unpaired) electrons. The summed E-state index contributed by atoms with van der Waals surface area (Å²) in [6.45, 7) is 7.32. The van der Waals surface area contributed by atoms with E-state index in [4.69, 9.17) is 0 Å². The molecular formula is C16H24N2O. The first kappa shape index (κ1) is 13.9. The number of hydrogen-bond donors (Lipinski definition) is 1. The Morgan fingerprint density at radius 2 is 2.16 bits per heavy atom. The number of nitrogens with one attached hydrogen (secondary N) is 1. The lowest BCUT2D eigenvalue weighted by Crippen LogP contribution is -2.38. The highest BCUT2D eigenvalue weighted by molar-refractivity contribution is 6.00. The molecular weight excluding hydrogens is 236 g/mol. The van der Waals surface area contributed by atoms with Crippen molar-refractivity contribution in [2.45, 2.75) is 39.7 Å². The molecule has 0 bridgehead atoms. The van der Waals surface area contributed by atoms with Crippen molar-refractivity contribution >= 4 is 11.6 Å². The number of aryl methyl sites for hydroxylation is 1. The lowest BCUT2D eigenvalue weighted by Gasteiger charge is -2.28. The first-order valence-electron chi connectivity index (χ1n) is 7.14. The zero-order valence-electron chi connectivity index (χ0n) is 12.4. The zero-order chi connectivity index (χ0) is 14.0. The minimum absolute atomic E-state index is 0.171. The van der Waals surface area contributed by atoms with Gasteiger partial charge in [0, 0.05) is 25.3 Å². The van der Waals surface area contributed by atoms with Gasteiger partial charge in [-0.15, -0.1) is 0 Å². The van der Waals surface area contributed by atoms with Gasteiger partial charge in [0.1, 0.15) is 0 Å². The second kappa shape index (κ2) is 5.64. The summed E-state index contributed by atoms with van der Waals surface area (Å²) in [5.74, 6) is 0.693. The van der Waals surface area contributed by atoms with Crippen molar-refractivity contribution in [3.05, 3.63) is 29.3 Å². The molecule has 1 fully saturated rings. The van der Waals surface area contributed by atoms with Gasteiger partial charge < -0.3 is 10.2 Å². The second-order valence-electron chi connectivity index (χ2n) is 5.75. The summed E-state index contributed by atoms with van der Waals surface area (Å²) in [4.78, 5) is 14.8. The third-order valence-electron chi connectivity index (χ3n) is 4.00. The van der Waals surface area contributed by atoms with Crippen LogP contribution in [-0.2, 0) is 0 Å². The predicted molar refractivity (Wildman–Crippen MR) is 79.6 cm³/mol. The Morgan fingerprint density at radius 3 is 2.79 bits per heavy atom. The van der Waals surface area contributed by atoms with E-state index in [0.29, 0.717) is 12.0 Å². The Bertz CT molecular complexity index is 468. The number of benzene rings is 1. The average Bonchev–Trinajstić information content (AvgIpc) is 2.87. The topological polar surface area (TPSA) is 32.3 Å². The van der Waals surface area contributed by atoms with Crippen LogP contribution in [0.2, 0.25) is 0 Å². The maximum atomic E-state index is 12.8. The fourth-order valence-electron chi connectivity index (χ4n) is 2.95. The van der Waals surface area contributed by atoms with Crippen molar-refractivity contribution in [2.75, 3.05) is 18.9 Å². The Kier molecular flexibility index (Phi) is 4.13. The Balaban J connectivity index is 2.31. The molecule has 1 aliphatic rings. The molecule has 0 saturated carbocycles. The van der Waals surface area contributed by atoms with Gasteiger partial charge in [-0.2, -0.15) is 0 Å². The van der Waals surface area contributed by atoms with E-state index >= 15 is 0 Å². The second-order valence-corrected chi connectivity index (χ2v) is 5.75. The molecule has 1 amide bonds. The van der Waals surface area contributed by atoms with Gasteiger partial charge in [-0.3, -0.25) is 4.79 Å². The average molecular weight is 260 g/mol. The van der Waals surface area contributed by atoms with Crippen LogP contribution in [0.5, 0.6) is 0 Å². The van der Waals surface area contributed by atoms with Crippen LogP contribution in [0.1, 0.15) is 42.6 Å². The predicted octanol–water partition coefficient (Wildman–Crippen LogP) is 3.30. The van der Waals surface area contributed by atoms with Crippen LogP contribution in [0.25, 0.3) is 0 Å². The number of amides is 1. The van der Waals surface area contributed by atoms with Crippen LogP contribution in [0.3, 0.4) is 0 Å². The van der Waals surface area contributed by atoms with Gasteiger partial charge in [-0.25, -0.2) is 0 Å². The molecule has 19 heavy (non-hydrogen) atoms. The Morgan fingerprint density at radius 1 is 1.42 bits per heavy atom. The maximum absolute atomic E-state index is 12.8. The van der Waals surface area contributed by atoms with Crippen molar-refractivity contribution in [3.8, 4) is 0 Å². The number of anilines is 1. The smallest absolute Gasteiger partial charge is 0.256 e. The lowest BCUT2D eigenvalue weighted by atomic mass is 10.0. The van der Waals surface area contributed by atoms with E-state index in [1.54, 1.807) is 0 Å². The lowest BCUT2D eigenvalue weighted by molar-refractivity contribution is 0.0702. The highest BCUT2D eigenvalue weighted by atomic mass is 16.2. The van der Waals surface area contributed by atoms with Crippen molar-refractivity contribution < 1.29 is 4.79 Å². The summed E-state index contributed by atoms with van der Waals surface area (Å²) >= 11 is 0. The Labute approximate surface area is 116 Å². The first-order chi connectivity index (χ1) is 9.04. The number of rotatable bonds is 3. The van der Waals surface area contributed by atoms with E-state index in [9.17, 15) is 4.79 Å². The van der Waals surface area contributed by atoms with Crippen LogP contribution in [0.4, 0.5) is 5.69 Å². The summed E-state index contributed by atoms with van der Waals surface area (Å²) in [5, 5.41) is 3.12. The molecule has 2 rings (SSSR count). The molecule has 3 nitrogen and oxygen atoms in total. The molecule has 1 aromatic carbocycles. The van der Waals surface area contributed by atoms with E-state index < -0.39 is 0 Å². The largest absolute Gasteiger partial charge is 0.387 e. The number of nitrogens with zero attached hydrogens (tertiary/aromatic N) is 1. The van der Waals surface area contributed by atoms with Crippen molar-refractivity contribution in [3.63, 3.8) is 0 Å². The minimum atomic E-state index is 0.171. The van der Waals surface area contributed by atoms with E-state index in [-0.39, 0.29) is 5.91 Å². The number of carbonyl (C=O) groups is 1. The van der Waals surface area contributed by atoms with Crippen LogP contribution in [0, 0.1) is 12.8 Å². The quantitative estimate of drug-likeness (QED) is 0.904. The summed E-state index contributed by atoms with van der Waals surface area (Å²) < 4.78 is 0. The van der Waals surface area contributed by atoms with Crippen LogP contribution >= 0.6 is 0 Å². The van der Waals surface area contributed by atoms with E-state index in [2.05, 4.69) is 24.1 Å². The van der Waals surface area contributed by atoms with E-state index in [1.165, 1.54) is 0 Å². The molecule has 1 atom stereocenters. The summed E-state index contributed by atoms with van der Waals surface area (Å²) in [6, 6.07) is 6.40. The highest BCUT2D eigenvalue weighted by Crippen LogP contribution is 2.28. The molecule has 1 unspecified atom stereocenters. The molecule has 3 heteroatoms. The van der Waals surface area contributed by atoms with Gasteiger partial charge in [-0.1, -0.05) is 25.5 Å². The van der Waals surface area contributed by atoms with E-state index in [0.717, 1.165) is 36.2 Å². The van der Waals surface area contributed by atoms with Crippen LogP contribution in [0.15, 0.2) is 18.2 Å². The molecule has 1 N–H and O–H groups in total. The SMILES string of the molecule is CNc1ccc(C)cc1C(=O)N1CCCC1C(C)C. The third-order valence-corrected chi connectivity index (χ3v) is 4.00. The van der Waals surface area contributed by atoms with E-state index in [1.807, 2.05) is 32.2 Å². The highest BCUT2D eigenvalue weighted by Gasteiger charge is 2.32. The summed E-state index contributed by atoms with van der Waals surface area (Å²) in [6.07, 6.45) is 2.25. The van der Waals surface area contributed by atoms with Gasteiger partial charge in [-0.05, 0) is 37.8 Å². The molecule has 1 saturated heterocycles. The Hall–Kier alpha value is -1.51. The standard InChI is InChI=1S/C16H24N2O/c1-11(2)15-6-5-9-18(15)16(19)13-10-12(3)7-8-14(13)17-4/h7-8,10-11,15,17H,5-6,9H2,1-4H3. The molecule has 1 heterocycles. The molecule has 0 aromatic heterocycles. The summed E-state index contributed by atoms with van der Waals surface area (Å²) in [7, 11) is 1.87. The fraction of sp³-hybridized carbons (Fsp3) is 0.562. The molecule has 1 aliphatic heterocycles. The van der Waals surface area contributed by atoms with Gasteiger partial charge in [0.25, 0.3) is 5.91 Å². The van der Waals surface area contributed by atoms with Crippen LogP contribution < -0.4 is 5.32 Å². The van der Waals surface area contributed by atoms with Gasteiger partial charge >= 0.3 is 0 Å². The van der Waals surface area contributed by atoms with Crippen LogP contribution in [-0.4, -0.2) is 30.4 Å². The van der Waals surface area contributed by atoms with Crippen molar-refractivity contribution in [1.82, 2.24) is 4.90 Å². The van der Waals surface area contributed by atoms with Gasteiger partial charge in [0.15, 0.2) is 0 Å². The fourth-order valence-corrected chi connectivity index (χ4v) is 2.95. The third kappa shape index (κ3) is 2.75. The first-order valence-corrected chi connectivity index (χ1v) is 7.14. The minimum Gasteiger partial charge on any atom is -0.387 e. The zero-order valence-corrected chi connectivity index (χ0v) is 12.4. The number of hydrogen-bond acceptors (Lipinski definition) is 2. The molecule has 104 valence electrons.